The largest absolute Gasteiger partial charge is 0.496 e. The van der Waals surface area contributed by atoms with E-state index in [0.717, 1.165) is 42.8 Å². The number of carbonyl (C=O) groups is 1. The number of piperidine rings is 1. The van der Waals surface area contributed by atoms with Gasteiger partial charge in [-0.25, -0.2) is 0 Å². The van der Waals surface area contributed by atoms with Crippen molar-refractivity contribution in [2.75, 3.05) is 19.1 Å². The molecule has 0 spiro atoms. The predicted octanol–water partition coefficient (Wildman–Crippen LogP) is 4.56. The van der Waals surface area contributed by atoms with Gasteiger partial charge >= 0.3 is 0 Å². The van der Waals surface area contributed by atoms with E-state index in [1.807, 2.05) is 11.9 Å². The van der Waals surface area contributed by atoms with Gasteiger partial charge in [0.05, 0.1) is 7.11 Å². The number of anilines is 1. The number of hydrogen-bond donors (Lipinski definition) is 2. The SMILES string of the molecule is CC[C@H]1CC[C@H](NCc2cc3c(cc2OC)[C@H]2C[C@H]2C(=O)N3C)[C@H](c2ccccc2)N1.Cl. The maximum atomic E-state index is 12.5. The van der Waals surface area contributed by atoms with Crippen LogP contribution in [0.1, 0.15) is 61.3 Å². The maximum Gasteiger partial charge on any atom is 0.230 e. The van der Waals surface area contributed by atoms with E-state index in [2.05, 4.69) is 60.0 Å². The number of fused-ring (bicyclic) bond motifs is 3. The number of halogens is 1. The molecule has 6 heteroatoms. The van der Waals surface area contributed by atoms with Crippen LogP contribution < -0.4 is 20.3 Å². The van der Waals surface area contributed by atoms with Crippen LogP contribution in [0.25, 0.3) is 0 Å². The lowest BCUT2D eigenvalue weighted by molar-refractivity contribution is -0.119. The summed E-state index contributed by atoms with van der Waals surface area (Å²) < 4.78 is 5.77. The number of methoxy groups -OCH3 is 1. The predicted molar refractivity (Wildman–Crippen MR) is 131 cm³/mol. The van der Waals surface area contributed by atoms with Crippen molar-refractivity contribution < 1.29 is 9.53 Å². The minimum Gasteiger partial charge on any atom is -0.496 e. The molecule has 2 N–H and O–H groups in total. The molecule has 0 unspecified atom stereocenters. The van der Waals surface area contributed by atoms with E-state index in [-0.39, 0.29) is 24.2 Å². The number of carbonyl (C=O) groups excluding carboxylic acids is 1. The second-order valence-electron chi connectivity index (χ2n) is 9.29. The molecule has 0 aromatic heterocycles. The van der Waals surface area contributed by atoms with Crippen LogP contribution >= 0.6 is 12.4 Å². The maximum absolute atomic E-state index is 12.5. The first kappa shape index (κ1) is 23.1. The Kier molecular flexibility index (Phi) is 6.80. The third-order valence-electron chi connectivity index (χ3n) is 7.48. The van der Waals surface area contributed by atoms with Crippen LogP contribution in [0.3, 0.4) is 0 Å². The Balaban J connectivity index is 0.00000245. The summed E-state index contributed by atoms with van der Waals surface area (Å²) in [6.45, 7) is 2.98. The number of hydrogen-bond acceptors (Lipinski definition) is 4. The van der Waals surface area contributed by atoms with Gasteiger partial charge in [-0.2, -0.15) is 0 Å². The van der Waals surface area contributed by atoms with E-state index in [1.54, 1.807) is 7.11 Å². The fourth-order valence-corrected chi connectivity index (χ4v) is 5.49. The van der Waals surface area contributed by atoms with Crippen molar-refractivity contribution in [3.8, 4) is 5.75 Å². The van der Waals surface area contributed by atoms with Crippen LogP contribution in [0.5, 0.6) is 5.75 Å². The molecule has 5 rings (SSSR count). The summed E-state index contributed by atoms with van der Waals surface area (Å²) in [5.41, 5.74) is 4.76. The van der Waals surface area contributed by atoms with Gasteiger partial charge in [0.2, 0.25) is 5.91 Å². The molecule has 2 fully saturated rings. The molecule has 2 aromatic carbocycles. The summed E-state index contributed by atoms with van der Waals surface area (Å²) in [6.07, 6.45) is 4.44. The molecule has 32 heavy (non-hydrogen) atoms. The summed E-state index contributed by atoms with van der Waals surface area (Å²) in [5.74, 6) is 1.74. The van der Waals surface area contributed by atoms with Gasteiger partial charge in [0, 0.05) is 48.9 Å². The van der Waals surface area contributed by atoms with Crippen molar-refractivity contribution in [1.82, 2.24) is 10.6 Å². The molecular formula is C26H34ClN3O2. The zero-order valence-electron chi connectivity index (χ0n) is 19.1. The normalized spacial score (nSPS) is 28.4. The zero-order valence-corrected chi connectivity index (χ0v) is 20.0. The first-order valence-electron chi connectivity index (χ1n) is 11.6. The van der Waals surface area contributed by atoms with Gasteiger partial charge in [0.15, 0.2) is 0 Å². The Labute approximate surface area is 197 Å². The fraction of sp³-hybridized carbons (Fsp3) is 0.500. The minimum atomic E-state index is 0. The number of amides is 1. The number of benzene rings is 2. The first-order chi connectivity index (χ1) is 15.1. The number of nitrogens with zero attached hydrogens (tertiary/aromatic N) is 1. The molecule has 2 aliphatic heterocycles. The lowest BCUT2D eigenvalue weighted by Crippen LogP contribution is -2.49. The summed E-state index contributed by atoms with van der Waals surface area (Å²) in [4.78, 5) is 14.4. The third-order valence-corrected chi connectivity index (χ3v) is 7.48. The molecule has 5 nitrogen and oxygen atoms in total. The second-order valence-corrected chi connectivity index (χ2v) is 9.29. The highest BCUT2D eigenvalue weighted by molar-refractivity contribution is 6.01. The average Bonchev–Trinajstić information content (AvgIpc) is 3.62. The lowest BCUT2D eigenvalue weighted by atomic mass is 9.88. The van der Waals surface area contributed by atoms with Crippen molar-refractivity contribution in [3.63, 3.8) is 0 Å². The Bertz CT molecular complexity index is 967. The molecule has 1 saturated heterocycles. The monoisotopic (exact) mass is 455 g/mol. The summed E-state index contributed by atoms with van der Waals surface area (Å²) in [6, 6.07) is 16.3. The van der Waals surface area contributed by atoms with E-state index in [1.165, 1.54) is 17.5 Å². The smallest absolute Gasteiger partial charge is 0.230 e. The molecule has 2 aromatic rings. The molecular weight excluding hydrogens is 422 g/mol. The van der Waals surface area contributed by atoms with Gasteiger partial charge in [-0.1, -0.05) is 37.3 Å². The van der Waals surface area contributed by atoms with Crippen molar-refractivity contribution >= 4 is 24.0 Å². The minimum absolute atomic E-state index is 0. The highest BCUT2D eigenvalue weighted by Crippen LogP contribution is 2.56. The molecule has 1 amide bonds. The van der Waals surface area contributed by atoms with Gasteiger partial charge in [-0.3, -0.25) is 4.79 Å². The van der Waals surface area contributed by atoms with Crippen molar-refractivity contribution in [2.24, 2.45) is 5.92 Å². The van der Waals surface area contributed by atoms with E-state index in [0.29, 0.717) is 24.0 Å². The molecule has 1 aliphatic carbocycles. The van der Waals surface area contributed by atoms with Gasteiger partial charge < -0.3 is 20.3 Å². The van der Waals surface area contributed by atoms with E-state index in [9.17, 15) is 4.79 Å². The number of nitrogens with one attached hydrogen (secondary N) is 2. The van der Waals surface area contributed by atoms with Crippen molar-refractivity contribution in [2.45, 2.75) is 63.2 Å². The Morgan fingerprint density at radius 3 is 2.66 bits per heavy atom. The van der Waals surface area contributed by atoms with Crippen LogP contribution in [0, 0.1) is 5.92 Å². The van der Waals surface area contributed by atoms with Gasteiger partial charge in [0.1, 0.15) is 5.75 Å². The lowest BCUT2D eigenvalue weighted by Gasteiger charge is -2.38. The Hall–Kier alpha value is -2.08. The standard InChI is InChI=1S/C26H33N3O2.ClH/c1-4-18-10-11-22(25(28-18)16-8-6-5-7-9-16)27-15-17-12-23-20(14-24(17)31-3)19-13-21(19)26(30)29(23)2;/h5-9,12,14,18-19,21-22,25,27-28H,4,10-11,13,15H2,1-3H3;1H/t18-,19+,21+,22-,25-;/m0./s1. The second kappa shape index (κ2) is 9.42. The topological polar surface area (TPSA) is 53.6 Å². The number of ether oxygens (including phenoxy) is 1. The molecule has 1 saturated carbocycles. The fourth-order valence-electron chi connectivity index (χ4n) is 5.49. The zero-order chi connectivity index (χ0) is 21.5. The van der Waals surface area contributed by atoms with E-state index >= 15 is 0 Å². The first-order valence-corrected chi connectivity index (χ1v) is 11.6. The van der Waals surface area contributed by atoms with Crippen molar-refractivity contribution in [3.05, 3.63) is 59.2 Å². The summed E-state index contributed by atoms with van der Waals surface area (Å²) in [7, 11) is 3.65. The third kappa shape index (κ3) is 4.14. The van der Waals surface area contributed by atoms with Gasteiger partial charge in [-0.05, 0) is 54.9 Å². The Morgan fingerprint density at radius 1 is 1.16 bits per heavy atom. The van der Waals surface area contributed by atoms with Crippen LogP contribution in [0.4, 0.5) is 5.69 Å². The highest BCUT2D eigenvalue weighted by atomic mass is 35.5. The highest BCUT2D eigenvalue weighted by Gasteiger charge is 2.50. The molecule has 0 bridgehead atoms. The summed E-state index contributed by atoms with van der Waals surface area (Å²) >= 11 is 0. The molecule has 3 aliphatic rings. The van der Waals surface area contributed by atoms with Crippen molar-refractivity contribution in [1.29, 1.82) is 0 Å². The quantitative estimate of drug-likeness (QED) is 0.670. The van der Waals surface area contributed by atoms with Gasteiger partial charge in [-0.15, -0.1) is 12.4 Å². The molecule has 0 radical (unpaired) electrons. The van der Waals surface area contributed by atoms with Crippen LogP contribution in [-0.2, 0) is 11.3 Å². The number of rotatable bonds is 6. The van der Waals surface area contributed by atoms with Crippen LogP contribution in [-0.4, -0.2) is 32.1 Å². The van der Waals surface area contributed by atoms with Crippen LogP contribution in [0.15, 0.2) is 42.5 Å². The van der Waals surface area contributed by atoms with Crippen LogP contribution in [0.2, 0.25) is 0 Å². The molecule has 2 heterocycles. The van der Waals surface area contributed by atoms with E-state index in [4.69, 9.17) is 4.74 Å². The Morgan fingerprint density at radius 2 is 1.94 bits per heavy atom. The molecule has 172 valence electrons. The average molecular weight is 456 g/mol. The van der Waals surface area contributed by atoms with Gasteiger partial charge in [0.25, 0.3) is 0 Å². The van der Waals surface area contributed by atoms with E-state index < -0.39 is 0 Å². The summed E-state index contributed by atoms with van der Waals surface area (Å²) in [5, 5.41) is 7.68. The molecule has 5 atom stereocenters.